The molecule has 0 saturated carbocycles. The maximum absolute atomic E-state index is 12.3. The van der Waals surface area contributed by atoms with Crippen molar-refractivity contribution < 1.29 is 19.5 Å². The lowest BCUT2D eigenvalue weighted by atomic mass is 10.1. The highest BCUT2D eigenvalue weighted by Gasteiger charge is 2.23. The molecule has 0 spiro atoms. The summed E-state index contributed by atoms with van der Waals surface area (Å²) in [5, 5.41) is 20.6. The van der Waals surface area contributed by atoms with E-state index in [1.807, 2.05) is 36.4 Å². The van der Waals surface area contributed by atoms with Gasteiger partial charge >= 0.3 is 5.97 Å². The fourth-order valence-electron chi connectivity index (χ4n) is 2.36. The van der Waals surface area contributed by atoms with Gasteiger partial charge in [-0.3, -0.25) is 15.1 Å². The van der Waals surface area contributed by atoms with Crippen LogP contribution in [0.2, 0.25) is 0 Å². The smallest absolute Gasteiger partial charge is 0.337 e. The first-order valence-corrected chi connectivity index (χ1v) is 7.35. The van der Waals surface area contributed by atoms with Gasteiger partial charge in [0.05, 0.1) is 22.9 Å². The summed E-state index contributed by atoms with van der Waals surface area (Å²) in [5.74, 6) is -1.77. The molecule has 124 valence electrons. The SMILES string of the molecule is N#Cc1ccc(NC(=O)C2=CC(c3ccccc3)ON2)c(C(=O)O)c1. The molecule has 0 saturated heterocycles. The van der Waals surface area contributed by atoms with Crippen molar-refractivity contribution in [3.05, 3.63) is 77.0 Å². The molecular formula is C18H13N3O4. The van der Waals surface area contributed by atoms with Crippen molar-refractivity contribution in [1.82, 2.24) is 5.48 Å². The summed E-state index contributed by atoms with van der Waals surface area (Å²) in [6, 6.07) is 15.2. The Morgan fingerprint density at radius 1 is 1.20 bits per heavy atom. The number of carbonyl (C=O) groups is 2. The van der Waals surface area contributed by atoms with Gasteiger partial charge < -0.3 is 10.4 Å². The second kappa shape index (κ2) is 6.86. The summed E-state index contributed by atoms with van der Waals surface area (Å²) in [7, 11) is 0. The summed E-state index contributed by atoms with van der Waals surface area (Å²) >= 11 is 0. The molecule has 7 heteroatoms. The molecule has 1 unspecified atom stereocenters. The second-order valence-corrected chi connectivity index (χ2v) is 5.26. The van der Waals surface area contributed by atoms with Crippen molar-refractivity contribution in [2.75, 3.05) is 5.32 Å². The molecule has 1 amide bonds. The summed E-state index contributed by atoms with van der Waals surface area (Å²) in [6.07, 6.45) is 1.19. The number of rotatable bonds is 4. The van der Waals surface area contributed by atoms with Crippen molar-refractivity contribution >= 4 is 17.6 Å². The zero-order valence-electron chi connectivity index (χ0n) is 12.9. The summed E-state index contributed by atoms with van der Waals surface area (Å²) < 4.78 is 0. The number of nitrogens with zero attached hydrogens (tertiary/aromatic N) is 1. The average Bonchev–Trinajstić information content (AvgIpc) is 3.13. The maximum atomic E-state index is 12.3. The number of carboxylic acid groups (broad SMARTS) is 1. The summed E-state index contributed by atoms with van der Waals surface area (Å²) in [6.45, 7) is 0. The van der Waals surface area contributed by atoms with E-state index in [0.717, 1.165) is 5.56 Å². The molecule has 1 aliphatic heterocycles. The van der Waals surface area contributed by atoms with E-state index in [-0.39, 0.29) is 22.5 Å². The number of benzene rings is 2. The van der Waals surface area contributed by atoms with Gasteiger partial charge in [-0.25, -0.2) is 4.79 Å². The minimum atomic E-state index is -1.24. The third-order valence-corrected chi connectivity index (χ3v) is 3.61. The molecule has 2 aromatic carbocycles. The number of hydroxylamine groups is 1. The van der Waals surface area contributed by atoms with Crippen molar-refractivity contribution in [2.45, 2.75) is 6.10 Å². The van der Waals surface area contributed by atoms with Gasteiger partial charge in [-0.15, -0.1) is 0 Å². The highest BCUT2D eigenvalue weighted by Crippen LogP contribution is 2.25. The predicted molar refractivity (Wildman–Crippen MR) is 88.2 cm³/mol. The molecule has 25 heavy (non-hydrogen) atoms. The van der Waals surface area contributed by atoms with E-state index in [4.69, 9.17) is 10.1 Å². The molecule has 0 bridgehead atoms. The lowest BCUT2D eigenvalue weighted by Crippen LogP contribution is -2.23. The molecular weight excluding hydrogens is 322 g/mol. The van der Waals surface area contributed by atoms with Crippen LogP contribution in [0.1, 0.15) is 27.6 Å². The Hall–Kier alpha value is -3.63. The normalized spacial score (nSPS) is 15.6. The van der Waals surface area contributed by atoms with Crippen molar-refractivity contribution in [3.63, 3.8) is 0 Å². The Balaban J connectivity index is 1.79. The van der Waals surface area contributed by atoms with Gasteiger partial charge in [0.25, 0.3) is 5.91 Å². The molecule has 0 fully saturated rings. The average molecular weight is 335 g/mol. The molecule has 0 aliphatic carbocycles. The molecule has 1 atom stereocenters. The molecule has 3 rings (SSSR count). The van der Waals surface area contributed by atoms with E-state index in [2.05, 4.69) is 10.8 Å². The number of anilines is 1. The van der Waals surface area contributed by atoms with Crippen molar-refractivity contribution in [2.24, 2.45) is 0 Å². The van der Waals surface area contributed by atoms with Crippen LogP contribution in [0.3, 0.4) is 0 Å². The van der Waals surface area contributed by atoms with Gasteiger partial charge in [-0.2, -0.15) is 5.26 Å². The van der Waals surface area contributed by atoms with E-state index in [9.17, 15) is 14.7 Å². The zero-order valence-corrected chi connectivity index (χ0v) is 12.9. The van der Waals surface area contributed by atoms with Crippen LogP contribution in [0.25, 0.3) is 0 Å². The molecule has 0 aromatic heterocycles. The molecule has 7 nitrogen and oxygen atoms in total. The fourth-order valence-corrected chi connectivity index (χ4v) is 2.36. The van der Waals surface area contributed by atoms with E-state index in [0.29, 0.717) is 0 Å². The topological polar surface area (TPSA) is 111 Å². The maximum Gasteiger partial charge on any atom is 0.337 e. The van der Waals surface area contributed by atoms with Crippen molar-refractivity contribution in [3.8, 4) is 6.07 Å². The zero-order chi connectivity index (χ0) is 17.8. The van der Waals surface area contributed by atoms with Crippen LogP contribution in [0.15, 0.2) is 60.3 Å². The van der Waals surface area contributed by atoms with Gasteiger partial charge in [-0.05, 0) is 29.8 Å². The Kier molecular flexibility index (Phi) is 4.46. The molecule has 2 aromatic rings. The first-order valence-electron chi connectivity index (χ1n) is 7.35. The monoisotopic (exact) mass is 335 g/mol. The highest BCUT2D eigenvalue weighted by atomic mass is 16.7. The minimum absolute atomic E-state index is 0.0994. The van der Waals surface area contributed by atoms with Crippen LogP contribution >= 0.6 is 0 Å². The van der Waals surface area contributed by atoms with Crippen LogP contribution in [0, 0.1) is 11.3 Å². The Morgan fingerprint density at radius 2 is 1.96 bits per heavy atom. The molecule has 0 radical (unpaired) electrons. The third-order valence-electron chi connectivity index (χ3n) is 3.61. The first kappa shape index (κ1) is 16.2. The number of nitrogens with one attached hydrogen (secondary N) is 2. The van der Waals surface area contributed by atoms with Gasteiger partial charge in [0.1, 0.15) is 11.8 Å². The number of carboxylic acids is 1. The summed E-state index contributed by atoms with van der Waals surface area (Å²) in [4.78, 5) is 29.0. The lowest BCUT2D eigenvalue weighted by Gasteiger charge is -2.09. The van der Waals surface area contributed by atoms with Crippen molar-refractivity contribution in [1.29, 1.82) is 5.26 Å². The van der Waals surface area contributed by atoms with Crippen LogP contribution in [0.5, 0.6) is 0 Å². The van der Waals surface area contributed by atoms with Crippen LogP contribution in [-0.2, 0) is 9.63 Å². The van der Waals surface area contributed by atoms with Crippen LogP contribution in [0.4, 0.5) is 5.69 Å². The fraction of sp³-hybridized carbons (Fsp3) is 0.0556. The summed E-state index contributed by atoms with van der Waals surface area (Å²) in [5.41, 5.74) is 3.73. The van der Waals surface area contributed by atoms with E-state index in [1.54, 1.807) is 6.08 Å². The number of hydrogen-bond acceptors (Lipinski definition) is 5. The number of hydrogen-bond donors (Lipinski definition) is 3. The van der Waals surface area contributed by atoms with Gasteiger partial charge in [0.15, 0.2) is 0 Å². The Bertz CT molecular complexity index is 900. The number of aromatic carboxylic acids is 1. The second-order valence-electron chi connectivity index (χ2n) is 5.26. The van der Waals surface area contributed by atoms with Gasteiger partial charge in [0.2, 0.25) is 0 Å². The standard InChI is InChI=1S/C18H13N3O4/c19-10-11-6-7-14(13(8-11)18(23)24)20-17(22)15-9-16(25-21-15)12-4-2-1-3-5-12/h1-9,16,21H,(H,20,22)(H,23,24). The first-order chi connectivity index (χ1) is 12.1. The Morgan fingerprint density at radius 3 is 2.64 bits per heavy atom. The number of carbonyl (C=O) groups excluding carboxylic acids is 1. The van der Waals surface area contributed by atoms with Crippen LogP contribution < -0.4 is 10.8 Å². The largest absolute Gasteiger partial charge is 0.478 e. The van der Waals surface area contributed by atoms with E-state index in [1.165, 1.54) is 18.2 Å². The highest BCUT2D eigenvalue weighted by molar-refractivity contribution is 6.07. The number of amides is 1. The molecule has 3 N–H and O–H groups in total. The third kappa shape index (κ3) is 3.49. The molecule has 1 heterocycles. The number of nitriles is 1. The van der Waals surface area contributed by atoms with Gasteiger partial charge in [0, 0.05) is 0 Å². The minimum Gasteiger partial charge on any atom is -0.478 e. The van der Waals surface area contributed by atoms with E-state index < -0.39 is 18.0 Å². The predicted octanol–water partition coefficient (Wildman–Crippen LogP) is 2.35. The quantitative estimate of drug-likeness (QED) is 0.791. The Labute approximate surface area is 143 Å². The van der Waals surface area contributed by atoms with E-state index >= 15 is 0 Å². The van der Waals surface area contributed by atoms with Crippen LogP contribution in [-0.4, -0.2) is 17.0 Å². The lowest BCUT2D eigenvalue weighted by molar-refractivity contribution is -0.114. The molecule has 1 aliphatic rings. The van der Waals surface area contributed by atoms with Gasteiger partial charge in [-0.1, -0.05) is 30.3 Å².